The van der Waals surface area contributed by atoms with Crippen molar-refractivity contribution in [1.82, 2.24) is 20.6 Å². The van der Waals surface area contributed by atoms with E-state index in [4.69, 9.17) is 0 Å². The Bertz CT molecular complexity index is 1390. The van der Waals surface area contributed by atoms with Gasteiger partial charge in [-0.05, 0) is 36.1 Å². The average Bonchev–Trinajstić information content (AvgIpc) is 3.34. The molecule has 0 bridgehead atoms. The first-order chi connectivity index (χ1) is 18.5. The number of aromatic nitrogens is 2. The minimum Gasteiger partial charge on any atom is -0.426 e. The highest BCUT2D eigenvalue weighted by Gasteiger charge is 2.33. The smallest absolute Gasteiger partial charge is 0.426 e. The van der Waals surface area contributed by atoms with Gasteiger partial charge in [0.25, 0.3) is 5.91 Å². The molecule has 8 nitrogen and oxygen atoms in total. The number of benzene rings is 3. The van der Waals surface area contributed by atoms with Crippen LogP contribution in [0, 0.1) is 5.92 Å². The molecule has 0 radical (unpaired) electrons. The van der Waals surface area contributed by atoms with Crippen LogP contribution in [0.1, 0.15) is 41.6 Å². The van der Waals surface area contributed by atoms with Crippen LogP contribution < -0.4 is 10.6 Å². The van der Waals surface area contributed by atoms with Crippen LogP contribution in [0.2, 0.25) is 0 Å². The van der Waals surface area contributed by atoms with E-state index in [9.17, 15) is 19.6 Å². The molecule has 0 saturated heterocycles. The van der Waals surface area contributed by atoms with E-state index in [1.54, 1.807) is 18.2 Å². The van der Waals surface area contributed by atoms with Crippen LogP contribution in [0.3, 0.4) is 0 Å². The van der Waals surface area contributed by atoms with Crippen molar-refractivity contribution in [3.05, 3.63) is 90.0 Å². The summed E-state index contributed by atoms with van der Waals surface area (Å²) in [5, 5.41) is 25.4. The Morgan fingerprint density at radius 2 is 1.68 bits per heavy atom. The molecular weight excluding hydrogens is 479 g/mol. The van der Waals surface area contributed by atoms with Gasteiger partial charge in [0, 0.05) is 17.5 Å². The number of rotatable bonds is 10. The molecule has 1 aliphatic carbocycles. The second-order valence-corrected chi connectivity index (χ2v) is 9.96. The van der Waals surface area contributed by atoms with Crippen LogP contribution in [0.5, 0.6) is 0 Å². The molecule has 1 aromatic heterocycles. The van der Waals surface area contributed by atoms with E-state index in [1.807, 2.05) is 60.7 Å². The van der Waals surface area contributed by atoms with Crippen molar-refractivity contribution in [3.8, 4) is 11.4 Å². The van der Waals surface area contributed by atoms with Gasteiger partial charge in [-0.3, -0.25) is 9.59 Å². The Labute approximate surface area is 221 Å². The van der Waals surface area contributed by atoms with E-state index < -0.39 is 30.9 Å². The fourth-order valence-corrected chi connectivity index (χ4v) is 4.81. The Balaban J connectivity index is 1.34. The van der Waals surface area contributed by atoms with Crippen LogP contribution in [-0.2, 0) is 11.2 Å². The molecule has 3 aromatic carbocycles. The SMILES string of the molecule is O=C(NC(Cc1ccccc1)C(=O)NC(CC1CCC1)B(O)O)c1ccc2nc(-c3ccccc3)[nH]c2c1. The molecule has 1 saturated carbocycles. The summed E-state index contributed by atoms with van der Waals surface area (Å²) >= 11 is 0. The fraction of sp³-hybridized carbons (Fsp3) is 0.276. The Hall–Kier alpha value is -3.95. The monoisotopic (exact) mass is 510 g/mol. The largest absolute Gasteiger partial charge is 0.475 e. The molecule has 5 N–H and O–H groups in total. The van der Waals surface area contributed by atoms with Crippen LogP contribution in [0.15, 0.2) is 78.9 Å². The number of imidazole rings is 1. The normalized spacial score (nSPS) is 14.9. The molecule has 5 rings (SSSR count). The number of H-pyrrole nitrogens is 1. The summed E-state index contributed by atoms with van der Waals surface area (Å²) in [5.74, 6) is -0.570. The van der Waals surface area contributed by atoms with Gasteiger partial charge in [0.2, 0.25) is 5.91 Å². The van der Waals surface area contributed by atoms with Gasteiger partial charge in [-0.1, -0.05) is 79.9 Å². The maximum absolute atomic E-state index is 13.3. The number of aromatic amines is 1. The molecular formula is C29H31BN4O4. The molecule has 4 aromatic rings. The third kappa shape index (κ3) is 6.12. The minimum absolute atomic E-state index is 0.264. The predicted octanol–water partition coefficient (Wildman–Crippen LogP) is 3.26. The predicted molar refractivity (Wildman–Crippen MR) is 147 cm³/mol. The van der Waals surface area contributed by atoms with Gasteiger partial charge in [-0.2, -0.15) is 0 Å². The number of hydrogen-bond donors (Lipinski definition) is 5. The number of nitrogens with zero attached hydrogens (tertiary/aromatic N) is 1. The van der Waals surface area contributed by atoms with Gasteiger partial charge in [-0.25, -0.2) is 4.98 Å². The van der Waals surface area contributed by atoms with E-state index in [1.165, 1.54) is 0 Å². The molecule has 1 heterocycles. The topological polar surface area (TPSA) is 127 Å². The Morgan fingerprint density at radius 3 is 2.34 bits per heavy atom. The number of carbonyl (C=O) groups excluding carboxylic acids is 2. The number of fused-ring (bicyclic) bond motifs is 1. The zero-order valence-electron chi connectivity index (χ0n) is 21.0. The number of amides is 2. The lowest BCUT2D eigenvalue weighted by Crippen LogP contribution is -2.55. The average molecular weight is 510 g/mol. The molecule has 38 heavy (non-hydrogen) atoms. The number of hydrogen-bond acceptors (Lipinski definition) is 5. The van der Waals surface area contributed by atoms with Crippen LogP contribution in [0.25, 0.3) is 22.4 Å². The van der Waals surface area contributed by atoms with Crippen molar-refractivity contribution < 1.29 is 19.6 Å². The fourth-order valence-electron chi connectivity index (χ4n) is 4.81. The summed E-state index contributed by atoms with van der Waals surface area (Å²) < 4.78 is 0. The molecule has 0 aliphatic heterocycles. The zero-order valence-corrected chi connectivity index (χ0v) is 21.0. The second kappa shape index (κ2) is 11.6. The maximum Gasteiger partial charge on any atom is 0.475 e. The molecule has 0 spiro atoms. The van der Waals surface area contributed by atoms with E-state index >= 15 is 0 Å². The third-order valence-electron chi connectivity index (χ3n) is 7.20. The second-order valence-electron chi connectivity index (χ2n) is 9.96. The van der Waals surface area contributed by atoms with Crippen molar-refractivity contribution in [3.63, 3.8) is 0 Å². The van der Waals surface area contributed by atoms with Gasteiger partial charge in [-0.15, -0.1) is 0 Å². The van der Waals surface area contributed by atoms with E-state index in [0.717, 1.165) is 35.9 Å². The van der Waals surface area contributed by atoms with Gasteiger partial charge >= 0.3 is 7.12 Å². The minimum atomic E-state index is -1.67. The highest BCUT2D eigenvalue weighted by atomic mass is 16.4. The highest BCUT2D eigenvalue weighted by molar-refractivity contribution is 6.43. The Kier molecular flexibility index (Phi) is 7.86. The summed E-state index contributed by atoms with van der Waals surface area (Å²) in [4.78, 5) is 34.5. The highest BCUT2D eigenvalue weighted by Crippen LogP contribution is 2.30. The number of carbonyl (C=O) groups is 2. The van der Waals surface area contributed by atoms with E-state index in [-0.39, 0.29) is 6.42 Å². The zero-order chi connectivity index (χ0) is 26.5. The maximum atomic E-state index is 13.3. The lowest BCUT2D eigenvalue weighted by Gasteiger charge is -2.30. The lowest BCUT2D eigenvalue weighted by molar-refractivity contribution is -0.123. The molecule has 2 unspecified atom stereocenters. The first-order valence-electron chi connectivity index (χ1n) is 13.0. The van der Waals surface area contributed by atoms with Crippen LogP contribution >= 0.6 is 0 Å². The van der Waals surface area contributed by atoms with Gasteiger partial charge < -0.3 is 25.7 Å². The van der Waals surface area contributed by atoms with Crippen LogP contribution in [-0.4, -0.2) is 50.9 Å². The molecule has 1 aliphatic rings. The van der Waals surface area contributed by atoms with Crippen molar-refractivity contribution >= 4 is 30.0 Å². The summed E-state index contributed by atoms with van der Waals surface area (Å²) in [6, 6.07) is 23.4. The van der Waals surface area contributed by atoms with Crippen molar-refractivity contribution in [2.75, 3.05) is 0 Å². The molecule has 1 fully saturated rings. The molecule has 194 valence electrons. The van der Waals surface area contributed by atoms with E-state index in [0.29, 0.717) is 29.2 Å². The van der Waals surface area contributed by atoms with E-state index in [2.05, 4.69) is 20.6 Å². The number of nitrogens with one attached hydrogen (secondary N) is 3. The summed E-state index contributed by atoms with van der Waals surface area (Å²) in [5.41, 5.74) is 3.65. The van der Waals surface area contributed by atoms with Crippen molar-refractivity contribution in [1.29, 1.82) is 0 Å². The Morgan fingerprint density at radius 1 is 0.974 bits per heavy atom. The van der Waals surface area contributed by atoms with Gasteiger partial charge in [0.1, 0.15) is 11.9 Å². The first kappa shape index (κ1) is 25.7. The molecule has 2 atom stereocenters. The summed E-state index contributed by atoms with van der Waals surface area (Å²) in [7, 11) is -1.67. The van der Waals surface area contributed by atoms with Gasteiger partial charge in [0.15, 0.2) is 0 Å². The summed E-state index contributed by atoms with van der Waals surface area (Å²) in [6.07, 6.45) is 3.92. The summed E-state index contributed by atoms with van der Waals surface area (Å²) in [6.45, 7) is 0. The first-order valence-corrected chi connectivity index (χ1v) is 13.0. The van der Waals surface area contributed by atoms with Crippen LogP contribution in [0.4, 0.5) is 0 Å². The standard InChI is InChI=1S/C29H31BN4O4/c35-28(22-14-15-23-24(18-22)32-27(31-23)21-12-5-2-6-13-21)33-25(16-19-8-3-1-4-9-19)29(36)34-26(30(37)38)17-20-10-7-11-20/h1-6,8-9,12-15,18,20,25-26,37-38H,7,10-11,16-17H2,(H,31,32)(H,33,35)(H,34,36). The molecule has 9 heteroatoms. The van der Waals surface area contributed by atoms with Gasteiger partial charge in [0.05, 0.1) is 17.0 Å². The lowest BCUT2D eigenvalue weighted by atomic mass is 9.69. The van der Waals surface area contributed by atoms with Crippen molar-refractivity contribution in [2.45, 2.75) is 44.1 Å². The third-order valence-corrected chi connectivity index (χ3v) is 7.20. The van der Waals surface area contributed by atoms with Crippen molar-refractivity contribution in [2.24, 2.45) is 5.92 Å². The quantitative estimate of drug-likeness (QED) is 0.209. The molecule has 2 amide bonds.